The zero-order valence-corrected chi connectivity index (χ0v) is 24.4. The average molecular weight is 628 g/mol. The molecule has 2 aromatic carbocycles. The first kappa shape index (κ1) is 30.4. The van der Waals surface area contributed by atoms with Crippen LogP contribution < -0.4 is 15.4 Å². The highest BCUT2D eigenvalue weighted by molar-refractivity contribution is 7.90. The first-order chi connectivity index (χ1) is 19.9. The Morgan fingerprint density at radius 3 is 2.48 bits per heavy atom. The lowest BCUT2D eigenvalue weighted by Gasteiger charge is -2.33. The van der Waals surface area contributed by atoms with Crippen LogP contribution in [-0.4, -0.2) is 64.1 Å². The van der Waals surface area contributed by atoms with Gasteiger partial charge < -0.3 is 20.3 Å². The van der Waals surface area contributed by atoms with E-state index in [1.807, 2.05) is 6.07 Å². The molecule has 2 N–H and O–H groups in total. The largest absolute Gasteiger partial charge is 0.433 e. The Morgan fingerprint density at radius 2 is 1.83 bits per heavy atom. The van der Waals surface area contributed by atoms with Crippen molar-refractivity contribution in [1.29, 1.82) is 0 Å². The summed E-state index contributed by atoms with van der Waals surface area (Å²) in [6.45, 7) is -1.29. The van der Waals surface area contributed by atoms with Crippen LogP contribution in [-0.2, 0) is 16.3 Å². The van der Waals surface area contributed by atoms with Crippen molar-refractivity contribution in [3.63, 3.8) is 0 Å². The number of benzene rings is 2. The molecule has 1 aliphatic heterocycles. The molecule has 1 aromatic heterocycles. The fourth-order valence-electron chi connectivity index (χ4n) is 5.17. The summed E-state index contributed by atoms with van der Waals surface area (Å²) in [5, 5.41) is 6.85. The summed E-state index contributed by atoms with van der Waals surface area (Å²) in [5.41, 5.74) is 0.959. The summed E-state index contributed by atoms with van der Waals surface area (Å²) in [6, 6.07) is 9.74. The fraction of sp³-hybridized carbons (Fsp3) is 0.448. The van der Waals surface area contributed by atoms with Crippen LogP contribution in [0, 0.1) is 11.8 Å². The van der Waals surface area contributed by atoms with Crippen LogP contribution in [0.3, 0.4) is 0 Å². The third-order valence-corrected chi connectivity index (χ3v) is 9.62. The molecule has 0 spiro atoms. The molecule has 0 unspecified atom stereocenters. The molecule has 6 nitrogen and oxygen atoms in total. The van der Waals surface area contributed by atoms with Crippen LogP contribution in [0.15, 0.2) is 41.3 Å². The molecule has 3 aromatic rings. The number of likely N-dealkylation sites (tertiary alicyclic amines) is 1. The van der Waals surface area contributed by atoms with Crippen LogP contribution >= 0.6 is 11.3 Å². The molecule has 1 saturated carbocycles. The van der Waals surface area contributed by atoms with Crippen LogP contribution in [0.4, 0.5) is 33.3 Å². The van der Waals surface area contributed by atoms with Gasteiger partial charge in [-0.05, 0) is 54.8 Å². The van der Waals surface area contributed by atoms with E-state index in [4.69, 9.17) is 0 Å². The average Bonchev–Trinajstić information content (AvgIpc) is 3.70. The minimum absolute atomic E-state index is 0.0723. The summed E-state index contributed by atoms with van der Waals surface area (Å²) in [6.07, 6.45) is -0.183. The predicted molar refractivity (Wildman–Crippen MR) is 154 cm³/mol. The lowest BCUT2D eigenvalue weighted by atomic mass is 10.0. The minimum atomic E-state index is -4.44. The summed E-state index contributed by atoms with van der Waals surface area (Å²) < 4.78 is 95.4. The summed E-state index contributed by atoms with van der Waals surface area (Å²) in [7, 11) is -3.67. The Balaban J connectivity index is 1.37. The van der Waals surface area contributed by atoms with E-state index in [0.717, 1.165) is 43.9 Å². The van der Waals surface area contributed by atoms with E-state index in [1.54, 1.807) is 12.1 Å². The quantitative estimate of drug-likeness (QED) is 0.208. The van der Waals surface area contributed by atoms with Gasteiger partial charge in [0.15, 0.2) is 15.6 Å². The number of anilines is 2. The summed E-state index contributed by atoms with van der Waals surface area (Å²) >= 11 is 1.19. The van der Waals surface area contributed by atoms with Gasteiger partial charge in [-0.2, -0.15) is 22.0 Å². The number of halogens is 5. The topological polar surface area (TPSA) is 70.7 Å². The molecule has 2 heterocycles. The zero-order chi connectivity index (χ0) is 30.1. The molecule has 2 aliphatic rings. The molecule has 1 aliphatic carbocycles. The maximum absolute atomic E-state index is 13.6. The minimum Gasteiger partial charge on any atom is -0.433 e. The third kappa shape index (κ3) is 7.65. The molecule has 42 heavy (non-hydrogen) atoms. The number of rotatable bonds is 9. The maximum atomic E-state index is 13.6. The highest BCUT2D eigenvalue weighted by Gasteiger charge is 2.33. The molecule has 226 valence electrons. The Labute approximate surface area is 245 Å². The van der Waals surface area contributed by atoms with Gasteiger partial charge in [0.1, 0.15) is 0 Å². The van der Waals surface area contributed by atoms with E-state index in [9.17, 15) is 30.4 Å². The smallest absolute Gasteiger partial charge is 0.393 e. The van der Waals surface area contributed by atoms with E-state index < -0.39 is 29.0 Å². The third-order valence-electron chi connectivity index (χ3n) is 7.31. The monoisotopic (exact) mass is 627 g/mol. The van der Waals surface area contributed by atoms with Crippen molar-refractivity contribution < 1.29 is 35.1 Å². The first-order valence-corrected chi connectivity index (χ1v) is 16.2. The number of hydrogen-bond acceptors (Lipinski definition) is 7. The number of fused-ring (bicyclic) bond motifs is 1. The second-order valence-corrected chi connectivity index (χ2v) is 13.6. The highest BCUT2D eigenvalue weighted by Crippen LogP contribution is 2.40. The molecule has 0 bridgehead atoms. The van der Waals surface area contributed by atoms with Gasteiger partial charge in [0.2, 0.25) is 0 Å². The number of alkyl halides is 5. The fourth-order valence-corrected chi connectivity index (χ4v) is 6.97. The molecule has 0 amide bonds. The number of thiophene rings is 1. The summed E-state index contributed by atoms with van der Waals surface area (Å²) in [4.78, 5) is 2.59. The standard InChI is InChI=1S/C29H30F5N3O3S2/c1-42(38,39)20-9-10-23(25(16-20)40-28(30)31)35-13-3-6-26-22(17-29(32,33)34)21-4-2-5-24(27(21)41-26)36-18-11-14-37(15-12-18)19-7-8-19/h2,4-5,9-10,16,18-19,28,35-36H,7-8,11-15,17H2,1H3. The summed E-state index contributed by atoms with van der Waals surface area (Å²) in [5.74, 6) is 5.23. The second kappa shape index (κ2) is 12.3. The Hall–Kier alpha value is -3.08. The van der Waals surface area contributed by atoms with E-state index in [2.05, 4.69) is 32.1 Å². The lowest BCUT2D eigenvalue weighted by Crippen LogP contribution is -2.40. The van der Waals surface area contributed by atoms with Gasteiger partial charge in [-0.1, -0.05) is 24.0 Å². The molecular weight excluding hydrogens is 597 g/mol. The van der Waals surface area contributed by atoms with Crippen molar-refractivity contribution in [2.75, 3.05) is 36.5 Å². The molecule has 13 heteroatoms. The number of nitrogens with zero attached hydrogens (tertiary/aromatic N) is 1. The van der Waals surface area contributed by atoms with E-state index in [-0.39, 0.29) is 39.4 Å². The number of ether oxygens (including phenoxy) is 1. The number of nitrogens with one attached hydrogen (secondary N) is 2. The molecule has 0 radical (unpaired) electrons. The van der Waals surface area contributed by atoms with E-state index in [0.29, 0.717) is 16.1 Å². The SMILES string of the molecule is CS(=O)(=O)c1ccc(NCC#Cc2sc3c(NC4CCN(C5CC5)CC4)cccc3c2CC(F)(F)F)c(OC(F)F)c1. The van der Waals surface area contributed by atoms with Crippen molar-refractivity contribution in [1.82, 2.24) is 4.90 Å². The van der Waals surface area contributed by atoms with Crippen LogP contribution in [0.1, 0.15) is 36.1 Å². The van der Waals surface area contributed by atoms with Gasteiger partial charge in [0.05, 0.1) is 38.8 Å². The van der Waals surface area contributed by atoms with Crippen molar-refractivity contribution in [3.05, 3.63) is 46.8 Å². The molecular formula is C29H30F5N3O3S2. The molecule has 0 atom stereocenters. The van der Waals surface area contributed by atoms with Gasteiger partial charge in [-0.25, -0.2) is 8.42 Å². The van der Waals surface area contributed by atoms with Crippen LogP contribution in [0.25, 0.3) is 10.1 Å². The lowest BCUT2D eigenvalue weighted by molar-refractivity contribution is -0.126. The maximum Gasteiger partial charge on any atom is 0.393 e. The van der Waals surface area contributed by atoms with Crippen molar-refractivity contribution >= 4 is 42.6 Å². The van der Waals surface area contributed by atoms with Crippen LogP contribution in [0.2, 0.25) is 0 Å². The van der Waals surface area contributed by atoms with Gasteiger partial charge >= 0.3 is 12.8 Å². The van der Waals surface area contributed by atoms with E-state index >= 15 is 0 Å². The zero-order valence-electron chi connectivity index (χ0n) is 22.7. The van der Waals surface area contributed by atoms with Crippen molar-refractivity contribution in [2.45, 2.75) is 61.9 Å². The van der Waals surface area contributed by atoms with Crippen molar-refractivity contribution in [3.8, 4) is 17.6 Å². The molecule has 1 saturated heterocycles. The molecule has 5 rings (SSSR count). The Morgan fingerprint density at radius 1 is 1.10 bits per heavy atom. The first-order valence-electron chi connectivity index (χ1n) is 13.5. The second-order valence-electron chi connectivity index (χ2n) is 10.5. The Kier molecular flexibility index (Phi) is 8.87. The van der Waals surface area contributed by atoms with Gasteiger partial charge in [0.25, 0.3) is 0 Å². The molecule has 2 fully saturated rings. The number of hydrogen-bond donors (Lipinski definition) is 2. The van der Waals surface area contributed by atoms with Crippen LogP contribution in [0.5, 0.6) is 5.75 Å². The highest BCUT2D eigenvalue weighted by atomic mass is 32.2. The predicted octanol–water partition coefficient (Wildman–Crippen LogP) is 6.51. The Bertz CT molecular complexity index is 1600. The normalized spacial score (nSPS) is 16.8. The van der Waals surface area contributed by atoms with Gasteiger partial charge in [-0.3, -0.25) is 0 Å². The van der Waals surface area contributed by atoms with Gasteiger partial charge in [-0.15, -0.1) is 11.3 Å². The van der Waals surface area contributed by atoms with Gasteiger partial charge in [0, 0.05) is 37.5 Å². The van der Waals surface area contributed by atoms with E-state index in [1.165, 1.54) is 36.3 Å². The number of sulfone groups is 1. The number of piperidine rings is 1. The van der Waals surface area contributed by atoms with Crippen molar-refractivity contribution in [2.24, 2.45) is 0 Å².